The Morgan fingerprint density at radius 3 is 2.76 bits per heavy atom. The van der Waals surface area contributed by atoms with Crippen LogP contribution in [0.4, 0.5) is 0 Å². The number of amides is 2. The van der Waals surface area contributed by atoms with Gasteiger partial charge in [-0.05, 0) is 12.0 Å². The van der Waals surface area contributed by atoms with Crippen molar-refractivity contribution in [1.29, 1.82) is 0 Å². The van der Waals surface area contributed by atoms with Gasteiger partial charge in [-0.3, -0.25) is 9.59 Å². The van der Waals surface area contributed by atoms with Gasteiger partial charge in [0.1, 0.15) is 0 Å². The van der Waals surface area contributed by atoms with Crippen molar-refractivity contribution in [3.05, 3.63) is 35.9 Å². The zero-order chi connectivity index (χ0) is 17.7. The third-order valence-corrected chi connectivity index (χ3v) is 4.74. The van der Waals surface area contributed by atoms with Crippen LogP contribution in [0.3, 0.4) is 0 Å². The van der Waals surface area contributed by atoms with E-state index in [1.807, 2.05) is 30.3 Å². The molecule has 0 aromatic heterocycles. The molecule has 2 aliphatic heterocycles. The highest BCUT2D eigenvalue weighted by Gasteiger charge is 2.39. The molecule has 2 N–H and O–H groups in total. The van der Waals surface area contributed by atoms with E-state index in [0.29, 0.717) is 25.8 Å². The molecule has 6 heteroatoms. The Morgan fingerprint density at radius 2 is 2.08 bits per heavy atom. The summed E-state index contributed by atoms with van der Waals surface area (Å²) >= 11 is 0. The number of carbonyl (C=O) groups is 2. The zero-order valence-electron chi connectivity index (χ0n) is 14.1. The number of hydrogen-bond donors (Lipinski definition) is 2. The lowest BCUT2D eigenvalue weighted by atomic mass is 9.87. The van der Waals surface area contributed by atoms with E-state index in [0.717, 1.165) is 12.0 Å². The molecule has 3 rings (SSSR count). The second-order valence-corrected chi connectivity index (χ2v) is 6.60. The molecule has 2 amide bonds. The molecule has 2 heterocycles. The number of nitrogens with zero attached hydrogens (tertiary/aromatic N) is 2. The number of piperidine rings is 1. The average Bonchev–Trinajstić information content (AvgIpc) is 3.40. The molecule has 1 saturated heterocycles. The van der Waals surface area contributed by atoms with Crippen molar-refractivity contribution in [3.8, 4) is 12.3 Å². The Morgan fingerprint density at radius 1 is 1.32 bits per heavy atom. The number of carbonyl (C=O) groups excluding carboxylic acids is 2. The maximum absolute atomic E-state index is 12.5. The maximum atomic E-state index is 12.5. The Hall–Kier alpha value is -2.68. The molecule has 0 aliphatic carbocycles. The van der Waals surface area contributed by atoms with Crippen molar-refractivity contribution in [2.75, 3.05) is 6.54 Å². The number of nitrogens with one attached hydrogen (secondary N) is 2. The highest BCUT2D eigenvalue weighted by Crippen LogP contribution is 2.36. The predicted octanol–water partition coefficient (Wildman–Crippen LogP) is 2.34. The second kappa shape index (κ2) is 7.47. The van der Waals surface area contributed by atoms with Crippen LogP contribution in [0.1, 0.15) is 43.7 Å². The average molecular weight is 338 g/mol. The van der Waals surface area contributed by atoms with Crippen LogP contribution in [-0.4, -0.2) is 24.0 Å². The smallest absolute Gasteiger partial charge is 0.223 e. The van der Waals surface area contributed by atoms with Gasteiger partial charge in [-0.2, -0.15) is 10.2 Å². The lowest BCUT2D eigenvalue weighted by Gasteiger charge is -2.29. The molecule has 130 valence electrons. The van der Waals surface area contributed by atoms with Gasteiger partial charge in [0.25, 0.3) is 0 Å². The predicted molar refractivity (Wildman–Crippen MR) is 93.3 cm³/mol. The van der Waals surface area contributed by atoms with Gasteiger partial charge in [0, 0.05) is 38.1 Å². The SMILES string of the molecule is C#CCCC1(CCNC(=O)[C@H]2CC(=O)N[C@@H](c3ccccc3)C2)N=N1. The summed E-state index contributed by atoms with van der Waals surface area (Å²) in [6.07, 6.45) is 8.11. The summed E-state index contributed by atoms with van der Waals surface area (Å²) in [5, 5.41) is 14.0. The molecule has 2 atom stereocenters. The summed E-state index contributed by atoms with van der Waals surface area (Å²) in [6.45, 7) is 0.491. The second-order valence-electron chi connectivity index (χ2n) is 6.60. The first-order valence-electron chi connectivity index (χ1n) is 8.61. The maximum Gasteiger partial charge on any atom is 0.223 e. The van der Waals surface area contributed by atoms with Crippen molar-refractivity contribution in [2.45, 2.75) is 43.8 Å². The van der Waals surface area contributed by atoms with E-state index in [9.17, 15) is 9.59 Å². The summed E-state index contributed by atoms with van der Waals surface area (Å²) in [5.74, 6) is 2.11. The van der Waals surface area contributed by atoms with Crippen LogP contribution in [0.2, 0.25) is 0 Å². The quantitative estimate of drug-likeness (QED) is 0.748. The molecule has 1 aromatic carbocycles. The van der Waals surface area contributed by atoms with Gasteiger partial charge in [0.2, 0.25) is 11.8 Å². The molecule has 0 saturated carbocycles. The van der Waals surface area contributed by atoms with Gasteiger partial charge in [0.05, 0.1) is 6.04 Å². The monoisotopic (exact) mass is 338 g/mol. The van der Waals surface area contributed by atoms with Crippen LogP contribution < -0.4 is 10.6 Å². The molecule has 6 nitrogen and oxygen atoms in total. The van der Waals surface area contributed by atoms with Crippen molar-refractivity contribution in [1.82, 2.24) is 10.6 Å². The van der Waals surface area contributed by atoms with Crippen LogP contribution in [0.25, 0.3) is 0 Å². The van der Waals surface area contributed by atoms with E-state index < -0.39 is 5.66 Å². The number of benzene rings is 1. The first-order chi connectivity index (χ1) is 12.1. The Bertz CT molecular complexity index is 702. The standard InChI is InChI=1S/C19H22N4O2/c1-2-3-9-19(22-23-19)10-11-20-18(25)15-12-16(21-17(24)13-15)14-7-5-4-6-8-14/h1,4-8,15-16H,3,9-13H2,(H,20,25)(H,21,24)/t15-,16-/m1/s1. The largest absolute Gasteiger partial charge is 0.356 e. The highest BCUT2D eigenvalue weighted by molar-refractivity contribution is 5.87. The first kappa shape index (κ1) is 17.2. The van der Waals surface area contributed by atoms with Crippen LogP contribution in [-0.2, 0) is 9.59 Å². The van der Waals surface area contributed by atoms with Gasteiger partial charge in [0.15, 0.2) is 5.66 Å². The minimum atomic E-state index is -0.393. The van der Waals surface area contributed by atoms with Crippen LogP contribution in [0.5, 0.6) is 0 Å². The fourth-order valence-electron chi connectivity index (χ4n) is 3.21. The summed E-state index contributed by atoms with van der Waals surface area (Å²) in [4.78, 5) is 24.4. The normalized spacial score (nSPS) is 23.4. The molecule has 0 spiro atoms. The lowest BCUT2D eigenvalue weighted by Crippen LogP contribution is -2.43. The van der Waals surface area contributed by atoms with Crippen molar-refractivity contribution < 1.29 is 9.59 Å². The van der Waals surface area contributed by atoms with Crippen molar-refractivity contribution in [3.63, 3.8) is 0 Å². The van der Waals surface area contributed by atoms with Gasteiger partial charge < -0.3 is 10.6 Å². The molecule has 2 aliphatic rings. The minimum absolute atomic E-state index is 0.0801. The number of terminal acetylenes is 1. The Balaban J connectivity index is 1.50. The van der Waals surface area contributed by atoms with Gasteiger partial charge in [-0.15, -0.1) is 12.3 Å². The molecule has 0 bridgehead atoms. The lowest BCUT2D eigenvalue weighted by molar-refractivity contribution is -0.133. The molecular formula is C19H22N4O2. The van der Waals surface area contributed by atoms with Crippen LogP contribution in [0, 0.1) is 18.3 Å². The number of hydrogen-bond acceptors (Lipinski definition) is 4. The molecule has 0 unspecified atom stereocenters. The molecule has 0 radical (unpaired) electrons. The molecule has 1 aromatic rings. The fourth-order valence-corrected chi connectivity index (χ4v) is 3.21. The van der Waals surface area contributed by atoms with E-state index in [-0.39, 0.29) is 30.2 Å². The van der Waals surface area contributed by atoms with E-state index in [1.165, 1.54) is 0 Å². The molecule has 1 fully saturated rings. The Labute approximate surface area is 147 Å². The summed E-state index contributed by atoms with van der Waals surface area (Å²) < 4.78 is 0. The van der Waals surface area contributed by atoms with Gasteiger partial charge >= 0.3 is 0 Å². The van der Waals surface area contributed by atoms with E-state index in [1.54, 1.807) is 0 Å². The minimum Gasteiger partial charge on any atom is -0.356 e. The molecule has 25 heavy (non-hydrogen) atoms. The number of rotatable bonds is 7. The van der Waals surface area contributed by atoms with Crippen LogP contribution >= 0.6 is 0 Å². The van der Waals surface area contributed by atoms with Crippen molar-refractivity contribution in [2.24, 2.45) is 16.1 Å². The summed E-state index contributed by atoms with van der Waals surface area (Å²) in [6, 6.07) is 9.62. The summed E-state index contributed by atoms with van der Waals surface area (Å²) in [5.41, 5.74) is 0.632. The first-order valence-corrected chi connectivity index (χ1v) is 8.61. The third-order valence-electron chi connectivity index (χ3n) is 4.74. The van der Waals surface area contributed by atoms with Crippen LogP contribution in [0.15, 0.2) is 40.6 Å². The van der Waals surface area contributed by atoms with Gasteiger partial charge in [-0.1, -0.05) is 30.3 Å². The topological polar surface area (TPSA) is 82.9 Å². The fraction of sp³-hybridized carbons (Fsp3) is 0.474. The zero-order valence-corrected chi connectivity index (χ0v) is 14.1. The van der Waals surface area contributed by atoms with E-state index in [2.05, 4.69) is 26.8 Å². The Kier molecular flexibility index (Phi) is 5.13. The van der Waals surface area contributed by atoms with E-state index in [4.69, 9.17) is 6.42 Å². The van der Waals surface area contributed by atoms with Gasteiger partial charge in [-0.25, -0.2) is 0 Å². The van der Waals surface area contributed by atoms with Crippen molar-refractivity contribution >= 4 is 11.8 Å². The third kappa shape index (κ3) is 4.44. The summed E-state index contributed by atoms with van der Waals surface area (Å²) in [7, 11) is 0. The molecular weight excluding hydrogens is 316 g/mol. The van der Waals surface area contributed by atoms with E-state index >= 15 is 0 Å². The highest BCUT2D eigenvalue weighted by atomic mass is 16.2.